The SMILES string of the molecule is CCN(CC)c1ccc(/C=N/N=C2c3ccccc3-c3ccccc32)c(OCC(O)COCCCCOCC(O)COc2cc(N(CC)CC)ccc2/C=N/N=C2c3ccccc3-c3ccccc32)c1. The van der Waals surface area contributed by atoms with E-state index in [1.54, 1.807) is 12.4 Å². The lowest BCUT2D eigenvalue weighted by Crippen LogP contribution is -2.25. The topological polar surface area (TPSA) is 133 Å². The normalized spacial score (nSPS) is 13.2. The van der Waals surface area contributed by atoms with Crippen molar-refractivity contribution in [1.82, 2.24) is 0 Å². The van der Waals surface area contributed by atoms with Gasteiger partial charge in [0.1, 0.15) is 48.3 Å². The van der Waals surface area contributed by atoms with Crippen molar-refractivity contribution < 1.29 is 29.2 Å². The highest BCUT2D eigenvalue weighted by atomic mass is 16.5. The summed E-state index contributed by atoms with van der Waals surface area (Å²) in [6, 6.07) is 45.0. The Morgan fingerprint density at radius 1 is 0.443 bits per heavy atom. The molecule has 2 aliphatic rings. The maximum Gasteiger partial charge on any atom is 0.130 e. The zero-order chi connectivity index (χ0) is 48.7. The lowest BCUT2D eigenvalue weighted by molar-refractivity contribution is 0.000253. The fourth-order valence-corrected chi connectivity index (χ4v) is 8.90. The molecule has 0 heterocycles. The van der Waals surface area contributed by atoms with Gasteiger partial charge in [0, 0.05) is 96.3 Å². The van der Waals surface area contributed by atoms with Gasteiger partial charge < -0.3 is 39.0 Å². The zero-order valence-electron chi connectivity index (χ0n) is 40.7. The van der Waals surface area contributed by atoms with E-state index in [2.05, 4.69) is 119 Å². The van der Waals surface area contributed by atoms with Gasteiger partial charge in [0.15, 0.2) is 0 Å². The van der Waals surface area contributed by atoms with Gasteiger partial charge in [0.05, 0.1) is 25.6 Å². The highest BCUT2D eigenvalue weighted by Gasteiger charge is 2.25. The predicted molar refractivity (Wildman–Crippen MR) is 284 cm³/mol. The second kappa shape index (κ2) is 24.5. The number of unbranched alkanes of at least 4 members (excludes halogenated alkanes) is 1. The van der Waals surface area contributed by atoms with E-state index < -0.39 is 12.2 Å². The molecular formula is C58H64N6O6. The van der Waals surface area contributed by atoms with Gasteiger partial charge in [-0.15, -0.1) is 10.2 Å². The average molecular weight is 941 g/mol. The quantitative estimate of drug-likeness (QED) is 0.0329. The summed E-state index contributed by atoms with van der Waals surface area (Å²) in [5.41, 5.74) is 14.1. The van der Waals surface area contributed by atoms with Gasteiger partial charge in [0.25, 0.3) is 0 Å². The van der Waals surface area contributed by atoms with Gasteiger partial charge in [-0.05, 0) is 87.1 Å². The first-order valence-electron chi connectivity index (χ1n) is 24.6. The van der Waals surface area contributed by atoms with Crippen LogP contribution < -0.4 is 19.3 Å². The molecule has 2 aliphatic carbocycles. The Labute approximate surface area is 412 Å². The summed E-state index contributed by atoms with van der Waals surface area (Å²) in [6.45, 7) is 13.1. The van der Waals surface area contributed by atoms with Crippen LogP contribution in [0.2, 0.25) is 0 Å². The molecule has 0 bridgehead atoms. The van der Waals surface area contributed by atoms with E-state index in [4.69, 9.17) is 18.9 Å². The van der Waals surface area contributed by atoms with Crippen molar-refractivity contribution >= 4 is 35.2 Å². The molecule has 0 saturated heterocycles. The molecule has 0 spiro atoms. The van der Waals surface area contributed by atoms with Crippen LogP contribution in [0.5, 0.6) is 11.5 Å². The van der Waals surface area contributed by atoms with Gasteiger partial charge in [-0.25, -0.2) is 0 Å². The third kappa shape index (κ3) is 11.9. The summed E-state index contributed by atoms with van der Waals surface area (Å²) in [4.78, 5) is 4.48. The average Bonchev–Trinajstić information content (AvgIpc) is 3.89. The van der Waals surface area contributed by atoms with E-state index in [-0.39, 0.29) is 26.4 Å². The maximum atomic E-state index is 10.9. The molecular weight excluding hydrogens is 877 g/mol. The molecule has 0 radical (unpaired) electrons. The zero-order valence-corrected chi connectivity index (χ0v) is 40.7. The first-order chi connectivity index (χ1) is 34.4. The van der Waals surface area contributed by atoms with Crippen molar-refractivity contribution in [3.8, 4) is 33.8 Å². The minimum atomic E-state index is -0.838. The molecule has 12 nitrogen and oxygen atoms in total. The first-order valence-corrected chi connectivity index (χ1v) is 24.6. The van der Waals surface area contributed by atoms with Crippen molar-refractivity contribution in [2.24, 2.45) is 20.4 Å². The summed E-state index contributed by atoms with van der Waals surface area (Å²) in [5.74, 6) is 1.21. The van der Waals surface area contributed by atoms with Crippen LogP contribution in [-0.4, -0.2) is 112 Å². The third-order valence-corrected chi connectivity index (χ3v) is 12.6. The van der Waals surface area contributed by atoms with Crippen molar-refractivity contribution in [2.75, 3.05) is 75.6 Å². The van der Waals surface area contributed by atoms with E-state index >= 15 is 0 Å². The number of hydrogen-bond acceptors (Lipinski definition) is 12. The van der Waals surface area contributed by atoms with Crippen LogP contribution in [-0.2, 0) is 9.47 Å². The van der Waals surface area contributed by atoms with Crippen molar-refractivity contribution in [2.45, 2.75) is 52.7 Å². The fraction of sp³-hybridized carbons (Fsp3) is 0.310. The highest BCUT2D eigenvalue weighted by Crippen LogP contribution is 2.38. The number of rotatable bonds is 25. The Morgan fingerprint density at radius 2 is 0.771 bits per heavy atom. The largest absolute Gasteiger partial charge is 0.490 e. The highest BCUT2D eigenvalue weighted by molar-refractivity contribution is 6.25. The second-order valence-corrected chi connectivity index (χ2v) is 17.1. The number of aliphatic hydroxyl groups is 2. The number of hydrogen-bond donors (Lipinski definition) is 2. The second-order valence-electron chi connectivity index (χ2n) is 17.1. The van der Waals surface area contributed by atoms with E-state index in [9.17, 15) is 10.2 Å². The van der Waals surface area contributed by atoms with Crippen molar-refractivity contribution in [3.63, 3.8) is 0 Å². The Bertz CT molecular complexity index is 2530. The minimum absolute atomic E-state index is 0.0494. The Kier molecular flexibility index (Phi) is 17.3. The number of aliphatic hydroxyl groups excluding tert-OH is 2. The third-order valence-electron chi connectivity index (χ3n) is 12.6. The van der Waals surface area contributed by atoms with Crippen LogP contribution in [0, 0.1) is 0 Å². The lowest BCUT2D eigenvalue weighted by Gasteiger charge is -2.22. The molecule has 2 unspecified atom stereocenters. The Morgan fingerprint density at radius 3 is 1.10 bits per heavy atom. The molecule has 0 aromatic heterocycles. The molecule has 0 aliphatic heterocycles. The molecule has 2 N–H and O–H groups in total. The maximum absolute atomic E-state index is 10.9. The minimum Gasteiger partial charge on any atom is -0.490 e. The molecule has 6 aromatic rings. The summed E-state index contributed by atoms with van der Waals surface area (Å²) < 4.78 is 24.1. The van der Waals surface area contributed by atoms with Gasteiger partial charge in [0.2, 0.25) is 0 Å². The van der Waals surface area contributed by atoms with Gasteiger partial charge >= 0.3 is 0 Å². The van der Waals surface area contributed by atoms with Crippen molar-refractivity contribution in [1.29, 1.82) is 0 Å². The summed E-state index contributed by atoms with van der Waals surface area (Å²) >= 11 is 0. The molecule has 362 valence electrons. The van der Waals surface area contributed by atoms with Gasteiger partial charge in [-0.2, -0.15) is 10.2 Å². The van der Waals surface area contributed by atoms with E-state index in [1.807, 2.05) is 72.8 Å². The Balaban J connectivity index is 0.783. The summed E-state index contributed by atoms with van der Waals surface area (Å²) in [6.07, 6.45) is 3.20. The molecule has 8 rings (SSSR count). The van der Waals surface area contributed by atoms with Crippen LogP contribution in [0.15, 0.2) is 154 Å². The number of anilines is 2. The van der Waals surface area contributed by atoms with E-state index in [1.165, 1.54) is 0 Å². The molecule has 6 aromatic carbocycles. The van der Waals surface area contributed by atoms with E-state index in [0.29, 0.717) is 24.7 Å². The number of fused-ring (bicyclic) bond motifs is 6. The summed E-state index contributed by atoms with van der Waals surface area (Å²) in [5, 5.41) is 40.2. The lowest BCUT2D eigenvalue weighted by atomic mass is 10.1. The van der Waals surface area contributed by atoms with Crippen LogP contribution in [0.25, 0.3) is 22.3 Å². The molecule has 0 amide bonds. The monoisotopic (exact) mass is 940 g/mol. The molecule has 12 heteroatoms. The standard InChI is InChI=1S/C58H64N6O6/c1-5-63(6-2)43-29-27-41(35-59-61-57-51-23-13-9-19-47(51)48-20-10-14-24-52(48)57)55(33-43)69-39-45(65)37-67-31-17-18-32-68-38-46(66)40-70-56-34-44(64(7-3)8-4)30-28-42(56)36-60-62-58-53-25-15-11-21-49(53)50-22-12-16-26-54(50)58/h9-16,19-30,33-36,45-46,65-66H,5-8,17-18,31-32,37-40H2,1-4H3/b59-35+,60-36+. The number of benzene rings is 6. The smallest absolute Gasteiger partial charge is 0.130 e. The van der Waals surface area contributed by atoms with Crippen molar-refractivity contribution in [3.05, 3.63) is 167 Å². The Hall–Kier alpha value is -6.96. The first kappa shape index (κ1) is 49.5. The molecule has 0 saturated carbocycles. The molecule has 2 atom stereocenters. The number of nitrogens with zero attached hydrogens (tertiary/aromatic N) is 6. The van der Waals surface area contributed by atoms with Crippen LogP contribution in [0.4, 0.5) is 11.4 Å². The van der Waals surface area contributed by atoms with Gasteiger partial charge in [-0.1, -0.05) is 97.1 Å². The van der Waals surface area contributed by atoms with E-state index in [0.717, 1.165) is 117 Å². The van der Waals surface area contributed by atoms with Crippen LogP contribution >= 0.6 is 0 Å². The van der Waals surface area contributed by atoms with Crippen LogP contribution in [0.3, 0.4) is 0 Å². The molecule has 0 fully saturated rings. The molecule has 70 heavy (non-hydrogen) atoms. The number of ether oxygens (including phenoxy) is 4. The fourth-order valence-electron chi connectivity index (χ4n) is 8.90. The van der Waals surface area contributed by atoms with Crippen LogP contribution in [0.1, 0.15) is 73.9 Å². The van der Waals surface area contributed by atoms with Gasteiger partial charge in [-0.3, -0.25) is 0 Å². The predicted octanol–water partition coefficient (Wildman–Crippen LogP) is 10.1. The summed E-state index contributed by atoms with van der Waals surface area (Å²) in [7, 11) is 0.